The van der Waals surface area contributed by atoms with E-state index in [4.69, 9.17) is 0 Å². The Kier molecular flexibility index (Phi) is 6.36. The number of anilines is 1. The Bertz CT molecular complexity index is 1240. The molecule has 2 aromatic carbocycles. The molecule has 1 aliphatic rings. The third-order valence-electron chi connectivity index (χ3n) is 5.42. The van der Waals surface area contributed by atoms with Crippen LogP contribution in [-0.2, 0) is 10.0 Å². The minimum absolute atomic E-state index is 0.130. The zero-order chi connectivity index (χ0) is 22.9. The smallest absolute Gasteiger partial charge is 0.286 e. The average molecular weight is 475 g/mol. The van der Waals surface area contributed by atoms with Gasteiger partial charge in [0.1, 0.15) is 10.8 Å². The summed E-state index contributed by atoms with van der Waals surface area (Å²) in [5, 5.41) is 11.6. The van der Waals surface area contributed by atoms with Crippen molar-refractivity contribution in [2.45, 2.75) is 37.5 Å². The van der Waals surface area contributed by atoms with Gasteiger partial charge in [-0.1, -0.05) is 29.0 Å². The predicted molar refractivity (Wildman–Crippen MR) is 121 cm³/mol. The Balaban J connectivity index is 1.48. The van der Waals surface area contributed by atoms with Crippen LogP contribution >= 0.6 is 11.3 Å². The highest BCUT2D eigenvalue weighted by Gasteiger charge is 2.33. The van der Waals surface area contributed by atoms with Crippen molar-refractivity contribution in [3.63, 3.8) is 0 Å². The van der Waals surface area contributed by atoms with Crippen molar-refractivity contribution >= 4 is 33.0 Å². The van der Waals surface area contributed by atoms with Crippen LogP contribution in [0.2, 0.25) is 0 Å². The molecule has 1 aromatic heterocycles. The first-order valence-electron chi connectivity index (χ1n) is 10.2. The fourth-order valence-electron chi connectivity index (χ4n) is 3.80. The molecule has 0 bridgehead atoms. The van der Waals surface area contributed by atoms with Crippen LogP contribution in [0.4, 0.5) is 10.1 Å². The van der Waals surface area contributed by atoms with E-state index in [1.165, 1.54) is 28.6 Å². The molecule has 4 rings (SSSR count). The minimum Gasteiger partial charge on any atom is -0.320 e. The normalized spacial score (nSPS) is 17.3. The molecule has 1 N–H and O–H groups in total. The molecule has 0 saturated carbocycles. The summed E-state index contributed by atoms with van der Waals surface area (Å²) >= 11 is 1.15. The third kappa shape index (κ3) is 4.72. The summed E-state index contributed by atoms with van der Waals surface area (Å²) in [5.74, 6) is -0.955. The maximum Gasteiger partial charge on any atom is 0.286 e. The second kappa shape index (κ2) is 9.05. The lowest BCUT2D eigenvalue weighted by Crippen LogP contribution is -2.39. The lowest BCUT2D eigenvalue weighted by molar-refractivity contribution is 0.102. The molecule has 1 amide bonds. The molecule has 32 heavy (non-hydrogen) atoms. The first-order valence-corrected chi connectivity index (χ1v) is 12.5. The number of sulfonamides is 1. The summed E-state index contributed by atoms with van der Waals surface area (Å²) in [6.45, 7) is 4.48. The molecular formula is C22H23FN4O3S2. The maximum absolute atomic E-state index is 13.2. The average Bonchev–Trinajstić information content (AvgIpc) is 3.26. The van der Waals surface area contributed by atoms with E-state index in [0.717, 1.165) is 28.9 Å². The molecule has 10 heteroatoms. The molecule has 3 aromatic rings. The molecule has 1 unspecified atom stereocenters. The Morgan fingerprint density at radius 3 is 2.62 bits per heavy atom. The zero-order valence-corrected chi connectivity index (χ0v) is 19.3. The van der Waals surface area contributed by atoms with Gasteiger partial charge in [0.25, 0.3) is 5.91 Å². The molecule has 0 aliphatic carbocycles. The van der Waals surface area contributed by atoms with Crippen LogP contribution in [0.25, 0.3) is 0 Å². The van der Waals surface area contributed by atoms with Gasteiger partial charge in [0.15, 0.2) is 0 Å². The van der Waals surface area contributed by atoms with Gasteiger partial charge in [-0.15, -0.1) is 10.2 Å². The lowest BCUT2D eigenvalue weighted by Gasteiger charge is -2.31. The van der Waals surface area contributed by atoms with E-state index in [9.17, 15) is 17.6 Å². The fourth-order valence-corrected chi connectivity index (χ4v) is 6.39. The second-order valence-electron chi connectivity index (χ2n) is 7.88. The van der Waals surface area contributed by atoms with Gasteiger partial charge >= 0.3 is 0 Å². The number of carbonyl (C=O) groups excluding carboxylic acids is 1. The molecule has 0 spiro atoms. The first-order chi connectivity index (χ1) is 15.2. The van der Waals surface area contributed by atoms with Gasteiger partial charge in [0, 0.05) is 24.7 Å². The number of nitrogens with one attached hydrogen (secondary N) is 1. The molecule has 7 nitrogen and oxygen atoms in total. The number of amides is 1. The number of hydrogen-bond acceptors (Lipinski definition) is 6. The summed E-state index contributed by atoms with van der Waals surface area (Å²) in [5.41, 5.74) is 2.19. The summed E-state index contributed by atoms with van der Waals surface area (Å²) < 4.78 is 41.0. The van der Waals surface area contributed by atoms with Crippen LogP contribution in [0, 0.1) is 19.7 Å². The van der Waals surface area contributed by atoms with E-state index in [-0.39, 0.29) is 16.7 Å². The summed E-state index contributed by atoms with van der Waals surface area (Å²) in [6.07, 6.45) is 1.47. The standard InChI is InChI=1S/C22H23FN4O3S2/c1-14-5-10-19(15(2)12-14)32(29,30)27-11-3-4-16(13-27)21-25-26-22(31-21)20(28)24-18-8-6-17(23)7-9-18/h5-10,12,16H,3-4,11,13H2,1-2H3,(H,24,28). The number of halogens is 1. The van der Waals surface area contributed by atoms with Crippen LogP contribution in [-0.4, -0.2) is 41.9 Å². The van der Waals surface area contributed by atoms with Crippen molar-refractivity contribution in [1.29, 1.82) is 0 Å². The topological polar surface area (TPSA) is 92.3 Å². The number of piperidine rings is 1. The summed E-state index contributed by atoms with van der Waals surface area (Å²) in [6, 6.07) is 10.8. The Hall–Kier alpha value is -2.69. The van der Waals surface area contributed by atoms with E-state index in [0.29, 0.717) is 35.1 Å². The van der Waals surface area contributed by atoms with Gasteiger partial charge in [-0.25, -0.2) is 12.8 Å². The van der Waals surface area contributed by atoms with Crippen molar-refractivity contribution in [2.24, 2.45) is 0 Å². The lowest BCUT2D eigenvalue weighted by atomic mass is 10.0. The highest BCUT2D eigenvalue weighted by Crippen LogP contribution is 2.32. The number of aryl methyl sites for hydroxylation is 2. The molecule has 1 aliphatic heterocycles. The zero-order valence-electron chi connectivity index (χ0n) is 17.7. The second-order valence-corrected chi connectivity index (χ2v) is 10.8. The molecule has 0 radical (unpaired) electrons. The Morgan fingerprint density at radius 1 is 1.16 bits per heavy atom. The number of aromatic nitrogens is 2. The Labute approximate surface area is 190 Å². The quantitative estimate of drug-likeness (QED) is 0.601. The number of benzene rings is 2. The number of nitrogens with zero attached hydrogens (tertiary/aromatic N) is 3. The fraction of sp³-hybridized carbons (Fsp3) is 0.318. The van der Waals surface area contributed by atoms with E-state index < -0.39 is 15.9 Å². The van der Waals surface area contributed by atoms with Gasteiger partial charge < -0.3 is 5.32 Å². The molecule has 2 heterocycles. The predicted octanol–water partition coefficient (Wildman–Crippen LogP) is 4.11. The van der Waals surface area contributed by atoms with Gasteiger partial charge in [-0.3, -0.25) is 4.79 Å². The number of hydrogen-bond donors (Lipinski definition) is 1. The molecule has 1 saturated heterocycles. The van der Waals surface area contributed by atoms with Crippen molar-refractivity contribution in [1.82, 2.24) is 14.5 Å². The molecule has 1 fully saturated rings. The third-order valence-corrected chi connectivity index (χ3v) is 8.53. The van der Waals surface area contributed by atoms with E-state index in [2.05, 4.69) is 15.5 Å². The van der Waals surface area contributed by atoms with Crippen molar-refractivity contribution in [2.75, 3.05) is 18.4 Å². The first kappa shape index (κ1) is 22.5. The summed E-state index contributed by atoms with van der Waals surface area (Å²) in [7, 11) is -3.62. The molecule has 1 atom stereocenters. The SMILES string of the molecule is Cc1ccc(S(=O)(=O)N2CCCC(c3nnc(C(=O)Nc4ccc(F)cc4)s3)C2)c(C)c1. The van der Waals surface area contributed by atoms with Crippen LogP contribution < -0.4 is 5.32 Å². The highest BCUT2D eigenvalue weighted by atomic mass is 32.2. The van der Waals surface area contributed by atoms with Crippen LogP contribution in [0.15, 0.2) is 47.4 Å². The van der Waals surface area contributed by atoms with E-state index in [1.54, 1.807) is 19.1 Å². The van der Waals surface area contributed by atoms with Crippen molar-refractivity contribution in [3.05, 3.63) is 69.4 Å². The van der Waals surface area contributed by atoms with E-state index in [1.807, 2.05) is 13.0 Å². The Morgan fingerprint density at radius 2 is 1.91 bits per heavy atom. The van der Waals surface area contributed by atoms with Crippen molar-refractivity contribution in [3.8, 4) is 0 Å². The summed E-state index contributed by atoms with van der Waals surface area (Å²) in [4.78, 5) is 12.8. The van der Waals surface area contributed by atoms with Gasteiger partial charge in [-0.2, -0.15) is 4.31 Å². The van der Waals surface area contributed by atoms with Crippen LogP contribution in [0.5, 0.6) is 0 Å². The number of carbonyl (C=O) groups is 1. The van der Waals surface area contributed by atoms with Crippen molar-refractivity contribution < 1.29 is 17.6 Å². The van der Waals surface area contributed by atoms with Gasteiger partial charge in [0.05, 0.1) is 4.90 Å². The van der Waals surface area contributed by atoms with Crippen LogP contribution in [0.3, 0.4) is 0 Å². The van der Waals surface area contributed by atoms with Crippen LogP contribution in [0.1, 0.15) is 44.7 Å². The van der Waals surface area contributed by atoms with E-state index >= 15 is 0 Å². The largest absolute Gasteiger partial charge is 0.320 e. The molecular weight excluding hydrogens is 451 g/mol. The van der Waals surface area contributed by atoms with Gasteiger partial charge in [-0.05, 0) is 62.6 Å². The van der Waals surface area contributed by atoms with Gasteiger partial charge in [0.2, 0.25) is 15.0 Å². The minimum atomic E-state index is -3.62. The molecule has 168 valence electrons. The highest BCUT2D eigenvalue weighted by molar-refractivity contribution is 7.89. The monoisotopic (exact) mass is 474 g/mol. The maximum atomic E-state index is 13.2. The number of rotatable bonds is 5.